The summed E-state index contributed by atoms with van der Waals surface area (Å²) in [5, 5.41) is 5.49. The van der Waals surface area contributed by atoms with Crippen LogP contribution in [0, 0.1) is 17.8 Å². The van der Waals surface area contributed by atoms with E-state index in [0.717, 1.165) is 19.3 Å². The Morgan fingerprint density at radius 2 is 2.00 bits per heavy atom. The van der Waals surface area contributed by atoms with Crippen LogP contribution in [0.25, 0.3) is 0 Å². The third-order valence-corrected chi connectivity index (χ3v) is 4.39. The molecule has 2 rings (SSSR count). The Balaban J connectivity index is 1.90. The Labute approximate surface area is 108 Å². The number of rotatable bonds is 4. The average Bonchev–Trinajstić information content (AvgIpc) is 2.89. The maximum Gasteiger partial charge on any atom is 0.242 e. The quantitative estimate of drug-likeness (QED) is 0.659. The predicted octanol–water partition coefficient (Wildman–Crippen LogP) is 0.000600. The fraction of sp³-hybridized carbons (Fsp3) is 0.846. The van der Waals surface area contributed by atoms with Crippen LogP contribution in [-0.2, 0) is 9.59 Å². The zero-order valence-electron chi connectivity index (χ0n) is 11.1. The normalized spacial score (nSPS) is 35.3. The summed E-state index contributed by atoms with van der Waals surface area (Å²) >= 11 is 0. The van der Waals surface area contributed by atoms with Gasteiger partial charge in [-0.1, -0.05) is 0 Å². The Morgan fingerprint density at radius 1 is 1.33 bits per heavy atom. The van der Waals surface area contributed by atoms with Gasteiger partial charge in [0, 0.05) is 12.6 Å². The van der Waals surface area contributed by atoms with Crippen molar-refractivity contribution in [3.63, 3.8) is 0 Å². The lowest BCUT2D eigenvalue weighted by molar-refractivity contribution is -0.132. The molecule has 5 heteroatoms. The molecule has 5 nitrogen and oxygen atoms in total. The van der Waals surface area contributed by atoms with E-state index in [9.17, 15) is 9.59 Å². The lowest BCUT2D eigenvalue weighted by Crippen LogP contribution is -2.51. The Hall–Kier alpha value is -1.10. The van der Waals surface area contributed by atoms with E-state index in [-0.39, 0.29) is 23.8 Å². The molecule has 0 aliphatic heterocycles. The highest BCUT2D eigenvalue weighted by molar-refractivity contribution is 5.88. The second-order valence-corrected chi connectivity index (χ2v) is 5.56. The first kappa shape index (κ1) is 13.3. The maximum absolute atomic E-state index is 12.2. The van der Waals surface area contributed by atoms with Crippen molar-refractivity contribution in [1.82, 2.24) is 10.6 Å². The van der Waals surface area contributed by atoms with Crippen molar-refractivity contribution < 1.29 is 9.59 Å². The number of hydrogen-bond donors (Lipinski definition) is 3. The van der Waals surface area contributed by atoms with Crippen molar-refractivity contribution in [2.24, 2.45) is 23.5 Å². The predicted molar refractivity (Wildman–Crippen MR) is 68.6 cm³/mol. The van der Waals surface area contributed by atoms with Gasteiger partial charge in [-0.2, -0.15) is 0 Å². The molecule has 2 aliphatic rings. The van der Waals surface area contributed by atoms with E-state index >= 15 is 0 Å². The van der Waals surface area contributed by atoms with Crippen molar-refractivity contribution in [1.29, 1.82) is 0 Å². The first-order valence-corrected chi connectivity index (χ1v) is 6.88. The zero-order chi connectivity index (χ0) is 13.3. The summed E-state index contributed by atoms with van der Waals surface area (Å²) in [7, 11) is 0. The molecule has 0 heterocycles. The molecular weight excluding hydrogens is 230 g/mol. The standard InChI is InChI=1S/C13H23N3O2/c1-3-15-12(17)7(2)16-13(18)10-8-4-5-9(6-8)11(10)14/h7-11H,3-6,14H2,1-2H3,(H,15,17)(H,16,18). The first-order valence-electron chi connectivity index (χ1n) is 6.88. The van der Waals surface area contributed by atoms with Gasteiger partial charge in [0.15, 0.2) is 0 Å². The molecule has 0 radical (unpaired) electrons. The molecule has 4 N–H and O–H groups in total. The van der Waals surface area contributed by atoms with Gasteiger partial charge in [0.2, 0.25) is 11.8 Å². The fourth-order valence-electron chi connectivity index (χ4n) is 3.43. The average molecular weight is 253 g/mol. The molecule has 5 atom stereocenters. The van der Waals surface area contributed by atoms with E-state index in [4.69, 9.17) is 5.73 Å². The maximum atomic E-state index is 12.2. The van der Waals surface area contributed by atoms with E-state index in [1.54, 1.807) is 6.92 Å². The summed E-state index contributed by atoms with van der Waals surface area (Å²) in [5.74, 6) is 0.647. The van der Waals surface area contributed by atoms with Gasteiger partial charge in [-0.25, -0.2) is 0 Å². The molecule has 2 bridgehead atoms. The minimum absolute atomic E-state index is 0.0230. The zero-order valence-corrected chi connectivity index (χ0v) is 11.1. The van der Waals surface area contributed by atoms with Gasteiger partial charge in [-0.05, 0) is 44.9 Å². The summed E-state index contributed by atoms with van der Waals surface area (Å²) in [6.07, 6.45) is 3.34. The number of likely N-dealkylation sites (N-methyl/N-ethyl adjacent to an activating group) is 1. The molecule has 0 saturated heterocycles. The summed E-state index contributed by atoms with van der Waals surface area (Å²) in [6.45, 7) is 4.15. The van der Waals surface area contributed by atoms with Crippen molar-refractivity contribution in [2.75, 3.05) is 6.54 Å². The lowest BCUT2D eigenvalue weighted by Gasteiger charge is -2.28. The molecule has 18 heavy (non-hydrogen) atoms. The monoisotopic (exact) mass is 253 g/mol. The smallest absolute Gasteiger partial charge is 0.242 e. The van der Waals surface area contributed by atoms with Gasteiger partial charge in [-0.15, -0.1) is 0 Å². The number of nitrogens with one attached hydrogen (secondary N) is 2. The number of carbonyl (C=O) groups is 2. The molecule has 2 aliphatic carbocycles. The molecular formula is C13H23N3O2. The molecule has 2 amide bonds. The van der Waals surface area contributed by atoms with E-state index < -0.39 is 6.04 Å². The van der Waals surface area contributed by atoms with Crippen LogP contribution in [0.5, 0.6) is 0 Å². The van der Waals surface area contributed by atoms with Gasteiger partial charge in [0.05, 0.1) is 5.92 Å². The largest absolute Gasteiger partial charge is 0.355 e. The molecule has 0 spiro atoms. The highest BCUT2D eigenvalue weighted by Crippen LogP contribution is 2.47. The topological polar surface area (TPSA) is 84.2 Å². The van der Waals surface area contributed by atoms with Crippen molar-refractivity contribution >= 4 is 11.8 Å². The van der Waals surface area contributed by atoms with E-state index in [1.807, 2.05) is 6.92 Å². The van der Waals surface area contributed by atoms with Crippen LogP contribution < -0.4 is 16.4 Å². The van der Waals surface area contributed by atoms with Gasteiger partial charge in [0.25, 0.3) is 0 Å². The molecule has 2 saturated carbocycles. The van der Waals surface area contributed by atoms with Crippen molar-refractivity contribution in [2.45, 2.75) is 45.2 Å². The van der Waals surface area contributed by atoms with Gasteiger partial charge in [0.1, 0.15) is 6.04 Å². The van der Waals surface area contributed by atoms with E-state index in [1.165, 1.54) is 0 Å². The lowest BCUT2D eigenvalue weighted by atomic mass is 9.84. The Kier molecular flexibility index (Phi) is 3.90. The van der Waals surface area contributed by atoms with Gasteiger partial charge in [-0.3, -0.25) is 9.59 Å². The summed E-state index contributed by atoms with van der Waals surface area (Å²) in [5.41, 5.74) is 6.11. The third kappa shape index (κ3) is 2.36. The Bertz CT molecular complexity index is 343. The summed E-state index contributed by atoms with van der Waals surface area (Å²) < 4.78 is 0. The van der Waals surface area contributed by atoms with Crippen LogP contribution in [0.1, 0.15) is 33.1 Å². The van der Waals surface area contributed by atoms with Crippen LogP contribution in [0.4, 0.5) is 0 Å². The number of fused-ring (bicyclic) bond motifs is 2. The third-order valence-electron chi connectivity index (χ3n) is 4.39. The highest BCUT2D eigenvalue weighted by Gasteiger charge is 2.49. The molecule has 2 fully saturated rings. The molecule has 5 unspecified atom stereocenters. The molecule has 0 aromatic heterocycles. The second-order valence-electron chi connectivity index (χ2n) is 5.56. The van der Waals surface area contributed by atoms with Gasteiger partial charge >= 0.3 is 0 Å². The van der Waals surface area contributed by atoms with Crippen molar-refractivity contribution in [3.05, 3.63) is 0 Å². The molecule has 0 aromatic rings. The van der Waals surface area contributed by atoms with E-state index in [2.05, 4.69) is 10.6 Å². The number of carbonyl (C=O) groups excluding carboxylic acids is 2. The fourth-order valence-corrected chi connectivity index (χ4v) is 3.43. The van der Waals surface area contributed by atoms with Crippen molar-refractivity contribution in [3.8, 4) is 0 Å². The molecule has 0 aromatic carbocycles. The van der Waals surface area contributed by atoms with Crippen LogP contribution >= 0.6 is 0 Å². The number of amides is 2. The SMILES string of the molecule is CCNC(=O)C(C)NC(=O)C1C2CCC(C2)C1N. The van der Waals surface area contributed by atoms with Crippen LogP contribution in [0.15, 0.2) is 0 Å². The van der Waals surface area contributed by atoms with Gasteiger partial charge < -0.3 is 16.4 Å². The van der Waals surface area contributed by atoms with Crippen LogP contribution in [0.3, 0.4) is 0 Å². The number of nitrogens with two attached hydrogens (primary N) is 1. The number of hydrogen-bond acceptors (Lipinski definition) is 3. The Morgan fingerprint density at radius 3 is 2.56 bits per heavy atom. The summed E-state index contributed by atoms with van der Waals surface area (Å²) in [6, 6.07) is -0.506. The van der Waals surface area contributed by atoms with Crippen LogP contribution in [0.2, 0.25) is 0 Å². The summed E-state index contributed by atoms with van der Waals surface area (Å²) in [4.78, 5) is 23.8. The van der Waals surface area contributed by atoms with Crippen LogP contribution in [-0.4, -0.2) is 30.4 Å². The van der Waals surface area contributed by atoms with E-state index in [0.29, 0.717) is 18.4 Å². The minimum atomic E-state index is -0.483. The first-order chi connectivity index (χ1) is 8.54. The molecule has 102 valence electrons. The minimum Gasteiger partial charge on any atom is -0.355 e. The second kappa shape index (κ2) is 5.26. The highest BCUT2D eigenvalue weighted by atomic mass is 16.2.